The summed E-state index contributed by atoms with van der Waals surface area (Å²) >= 11 is 0. The van der Waals surface area contributed by atoms with Crippen LogP contribution in [0.5, 0.6) is 0 Å². The molecule has 0 aromatic carbocycles. The van der Waals surface area contributed by atoms with Crippen molar-refractivity contribution in [1.82, 2.24) is 15.2 Å². The molecule has 1 aromatic rings. The van der Waals surface area contributed by atoms with Crippen molar-refractivity contribution in [2.24, 2.45) is 5.92 Å². The molecule has 0 saturated heterocycles. The van der Waals surface area contributed by atoms with Crippen LogP contribution in [-0.4, -0.2) is 35.1 Å². The van der Waals surface area contributed by atoms with E-state index in [4.69, 9.17) is 0 Å². The Morgan fingerprint density at radius 1 is 1.25 bits per heavy atom. The lowest BCUT2D eigenvalue weighted by Gasteiger charge is -2.34. The van der Waals surface area contributed by atoms with Crippen LogP contribution in [0.15, 0.2) is 18.2 Å². The Kier molecular flexibility index (Phi) is 6.15. The number of aromatic nitrogens is 1. The number of likely N-dealkylation sites (N-methyl/N-ethyl adjacent to an activating group) is 1. The van der Waals surface area contributed by atoms with Gasteiger partial charge in [-0.3, -0.25) is 9.88 Å². The van der Waals surface area contributed by atoms with E-state index in [0.717, 1.165) is 24.5 Å². The van der Waals surface area contributed by atoms with Gasteiger partial charge in [0.25, 0.3) is 0 Å². The Morgan fingerprint density at radius 3 is 2.40 bits per heavy atom. The maximum absolute atomic E-state index is 4.60. The molecule has 0 fully saturated rings. The van der Waals surface area contributed by atoms with E-state index < -0.39 is 0 Å². The molecule has 1 aromatic heterocycles. The molecule has 20 heavy (non-hydrogen) atoms. The zero-order chi connectivity index (χ0) is 15.3. The maximum atomic E-state index is 4.60. The fraction of sp³-hybridized carbons (Fsp3) is 0.706. The van der Waals surface area contributed by atoms with Crippen molar-refractivity contribution in [3.05, 3.63) is 29.6 Å². The summed E-state index contributed by atoms with van der Waals surface area (Å²) in [6.07, 6.45) is 0. The molecule has 0 aliphatic heterocycles. The number of hydrogen-bond acceptors (Lipinski definition) is 3. The third kappa shape index (κ3) is 6.02. The van der Waals surface area contributed by atoms with Crippen molar-refractivity contribution in [2.45, 2.75) is 59.7 Å². The van der Waals surface area contributed by atoms with Gasteiger partial charge in [-0.1, -0.05) is 19.9 Å². The second-order valence-corrected chi connectivity index (χ2v) is 7.13. The molecule has 3 nitrogen and oxygen atoms in total. The average Bonchev–Trinajstić information content (AvgIpc) is 2.26. The molecule has 3 heteroatoms. The SMILES string of the molecule is Cc1cccc(CN(C)C(CNC(C)(C)C)C(C)C)n1. The minimum Gasteiger partial charge on any atom is -0.311 e. The Balaban J connectivity index is 2.67. The van der Waals surface area contributed by atoms with Crippen LogP contribution in [-0.2, 0) is 6.54 Å². The average molecular weight is 277 g/mol. The first-order valence-corrected chi connectivity index (χ1v) is 7.57. The van der Waals surface area contributed by atoms with Gasteiger partial charge in [-0.2, -0.15) is 0 Å². The summed E-state index contributed by atoms with van der Waals surface area (Å²) in [5, 5.41) is 3.62. The molecular weight excluding hydrogens is 246 g/mol. The van der Waals surface area contributed by atoms with Crippen LogP contribution >= 0.6 is 0 Å². The highest BCUT2D eigenvalue weighted by Crippen LogP contribution is 2.13. The van der Waals surface area contributed by atoms with Crippen molar-refractivity contribution in [1.29, 1.82) is 0 Å². The summed E-state index contributed by atoms with van der Waals surface area (Å²) in [4.78, 5) is 7.01. The van der Waals surface area contributed by atoms with Crippen molar-refractivity contribution in [2.75, 3.05) is 13.6 Å². The van der Waals surface area contributed by atoms with Gasteiger partial charge in [-0.05, 0) is 52.8 Å². The topological polar surface area (TPSA) is 28.2 Å². The molecule has 0 bridgehead atoms. The molecular formula is C17H31N3. The van der Waals surface area contributed by atoms with E-state index >= 15 is 0 Å². The molecule has 114 valence electrons. The maximum Gasteiger partial charge on any atom is 0.0547 e. The summed E-state index contributed by atoms with van der Waals surface area (Å²) < 4.78 is 0. The number of aryl methyl sites for hydroxylation is 1. The largest absolute Gasteiger partial charge is 0.311 e. The zero-order valence-corrected chi connectivity index (χ0v) is 14.2. The normalized spacial score (nSPS) is 14.1. The van der Waals surface area contributed by atoms with Gasteiger partial charge in [-0.15, -0.1) is 0 Å². The van der Waals surface area contributed by atoms with Crippen molar-refractivity contribution >= 4 is 0 Å². The van der Waals surface area contributed by atoms with E-state index in [1.807, 2.05) is 13.0 Å². The standard InChI is InChI=1S/C17H31N3/c1-13(2)16(11-18-17(4,5)6)20(7)12-15-10-8-9-14(3)19-15/h8-10,13,16,18H,11-12H2,1-7H3. The highest BCUT2D eigenvalue weighted by Gasteiger charge is 2.21. The molecule has 1 unspecified atom stereocenters. The summed E-state index contributed by atoms with van der Waals surface area (Å²) in [6, 6.07) is 6.75. The van der Waals surface area contributed by atoms with Crippen molar-refractivity contribution < 1.29 is 0 Å². The lowest BCUT2D eigenvalue weighted by molar-refractivity contribution is 0.168. The molecule has 0 amide bonds. The second-order valence-electron chi connectivity index (χ2n) is 7.13. The molecule has 0 spiro atoms. The molecule has 0 aliphatic rings. The molecule has 1 heterocycles. The molecule has 0 radical (unpaired) electrons. The first-order valence-electron chi connectivity index (χ1n) is 7.57. The Bertz CT molecular complexity index is 407. The zero-order valence-electron chi connectivity index (χ0n) is 14.2. The van der Waals surface area contributed by atoms with Gasteiger partial charge >= 0.3 is 0 Å². The number of hydrogen-bond donors (Lipinski definition) is 1. The Morgan fingerprint density at radius 2 is 1.90 bits per heavy atom. The van der Waals surface area contributed by atoms with E-state index in [-0.39, 0.29) is 5.54 Å². The highest BCUT2D eigenvalue weighted by atomic mass is 15.2. The van der Waals surface area contributed by atoms with E-state index in [1.54, 1.807) is 0 Å². The molecule has 1 rings (SSSR count). The Hall–Kier alpha value is -0.930. The molecule has 1 atom stereocenters. The molecule has 0 aliphatic carbocycles. The van der Waals surface area contributed by atoms with Crippen LogP contribution in [0.3, 0.4) is 0 Å². The quantitative estimate of drug-likeness (QED) is 0.865. The summed E-state index contributed by atoms with van der Waals surface area (Å²) in [6.45, 7) is 15.2. The van der Waals surface area contributed by atoms with Crippen LogP contribution in [0, 0.1) is 12.8 Å². The number of nitrogens with one attached hydrogen (secondary N) is 1. The van der Waals surface area contributed by atoms with Crippen molar-refractivity contribution in [3.8, 4) is 0 Å². The number of nitrogens with zero attached hydrogens (tertiary/aromatic N) is 2. The fourth-order valence-corrected chi connectivity index (χ4v) is 2.37. The van der Waals surface area contributed by atoms with Gasteiger partial charge in [0, 0.05) is 30.4 Å². The number of rotatable bonds is 6. The first-order chi connectivity index (χ1) is 9.19. The molecule has 1 N–H and O–H groups in total. The van der Waals surface area contributed by atoms with Gasteiger partial charge < -0.3 is 5.32 Å². The highest BCUT2D eigenvalue weighted by molar-refractivity contribution is 5.09. The fourth-order valence-electron chi connectivity index (χ4n) is 2.37. The summed E-state index contributed by atoms with van der Waals surface area (Å²) in [5.74, 6) is 0.611. The van der Waals surface area contributed by atoms with Crippen LogP contribution < -0.4 is 5.32 Å². The van der Waals surface area contributed by atoms with Gasteiger partial charge in [0.2, 0.25) is 0 Å². The predicted octanol–water partition coefficient (Wildman–Crippen LogP) is 3.23. The minimum atomic E-state index is 0.162. The minimum absolute atomic E-state index is 0.162. The monoisotopic (exact) mass is 277 g/mol. The van der Waals surface area contributed by atoms with Gasteiger partial charge in [0.15, 0.2) is 0 Å². The van der Waals surface area contributed by atoms with Crippen LogP contribution in [0.2, 0.25) is 0 Å². The van der Waals surface area contributed by atoms with E-state index in [9.17, 15) is 0 Å². The molecule has 0 saturated carbocycles. The summed E-state index contributed by atoms with van der Waals surface area (Å²) in [7, 11) is 2.19. The van der Waals surface area contributed by atoms with Gasteiger partial charge in [-0.25, -0.2) is 0 Å². The van der Waals surface area contributed by atoms with E-state index in [0.29, 0.717) is 12.0 Å². The lowest BCUT2D eigenvalue weighted by Crippen LogP contribution is -2.48. The third-order valence-corrected chi connectivity index (χ3v) is 3.53. The third-order valence-electron chi connectivity index (χ3n) is 3.53. The van der Waals surface area contributed by atoms with E-state index in [1.165, 1.54) is 0 Å². The van der Waals surface area contributed by atoms with Crippen molar-refractivity contribution in [3.63, 3.8) is 0 Å². The van der Waals surface area contributed by atoms with E-state index in [2.05, 4.69) is 69.0 Å². The van der Waals surface area contributed by atoms with Crippen LogP contribution in [0.1, 0.15) is 46.0 Å². The van der Waals surface area contributed by atoms with Gasteiger partial charge in [0.1, 0.15) is 0 Å². The summed E-state index contributed by atoms with van der Waals surface area (Å²) in [5.41, 5.74) is 2.40. The van der Waals surface area contributed by atoms with Crippen LogP contribution in [0.4, 0.5) is 0 Å². The van der Waals surface area contributed by atoms with Crippen LogP contribution in [0.25, 0.3) is 0 Å². The first kappa shape index (κ1) is 17.1. The smallest absolute Gasteiger partial charge is 0.0547 e. The second kappa shape index (κ2) is 7.19. The number of pyridine rings is 1. The predicted molar refractivity (Wildman–Crippen MR) is 86.8 cm³/mol. The Labute approximate surface area is 124 Å². The van der Waals surface area contributed by atoms with Gasteiger partial charge in [0.05, 0.1) is 5.69 Å². The lowest BCUT2D eigenvalue weighted by atomic mass is 10.0.